The van der Waals surface area contributed by atoms with Gasteiger partial charge in [0.05, 0.1) is 12.1 Å². The van der Waals surface area contributed by atoms with Gasteiger partial charge < -0.3 is 15.4 Å². The minimum absolute atomic E-state index is 0. The van der Waals surface area contributed by atoms with Crippen molar-refractivity contribution in [3.05, 3.63) is 35.4 Å². The first-order valence-corrected chi connectivity index (χ1v) is 7.44. The van der Waals surface area contributed by atoms with E-state index in [1.165, 1.54) is 11.1 Å². The van der Waals surface area contributed by atoms with Gasteiger partial charge in [0.2, 0.25) is 5.91 Å². The van der Waals surface area contributed by atoms with Crippen LogP contribution in [0.4, 0.5) is 0 Å². The van der Waals surface area contributed by atoms with Gasteiger partial charge in [0.15, 0.2) is 0 Å². The van der Waals surface area contributed by atoms with Crippen molar-refractivity contribution in [2.24, 2.45) is 0 Å². The molecule has 0 saturated carbocycles. The van der Waals surface area contributed by atoms with Gasteiger partial charge in [0.25, 0.3) is 0 Å². The maximum absolute atomic E-state index is 12.4. The summed E-state index contributed by atoms with van der Waals surface area (Å²) in [6.07, 6.45) is 2.85. The van der Waals surface area contributed by atoms with Crippen LogP contribution in [-0.2, 0) is 22.5 Å². The first-order valence-electron chi connectivity index (χ1n) is 7.44. The maximum Gasteiger partial charge on any atom is 0.237 e. The summed E-state index contributed by atoms with van der Waals surface area (Å²) in [6, 6.07) is 8.47. The molecule has 3 rings (SSSR count). The Balaban J connectivity index is 0.00000161. The Morgan fingerprint density at radius 1 is 1.33 bits per heavy atom. The maximum atomic E-state index is 12.4. The van der Waals surface area contributed by atoms with Crippen LogP contribution < -0.4 is 10.6 Å². The number of halogens is 1. The Hall–Kier alpha value is -1.10. The molecule has 0 bridgehead atoms. The first kappa shape index (κ1) is 16.3. The van der Waals surface area contributed by atoms with Crippen molar-refractivity contribution in [3.8, 4) is 0 Å². The summed E-state index contributed by atoms with van der Waals surface area (Å²) < 4.78 is 5.51. The van der Waals surface area contributed by atoms with Gasteiger partial charge in [-0.25, -0.2) is 0 Å². The number of benzene rings is 1. The van der Waals surface area contributed by atoms with Crippen LogP contribution in [0.2, 0.25) is 0 Å². The van der Waals surface area contributed by atoms with Gasteiger partial charge in [-0.2, -0.15) is 0 Å². The zero-order valence-electron chi connectivity index (χ0n) is 12.3. The summed E-state index contributed by atoms with van der Waals surface area (Å²) in [5.41, 5.74) is 2.59. The number of fused-ring (bicyclic) bond motifs is 1. The number of hydrogen-bond acceptors (Lipinski definition) is 3. The van der Waals surface area contributed by atoms with Crippen LogP contribution in [0.1, 0.15) is 30.9 Å². The fraction of sp³-hybridized carbons (Fsp3) is 0.562. The van der Waals surface area contributed by atoms with Crippen LogP contribution in [-0.4, -0.2) is 30.7 Å². The molecule has 5 heteroatoms. The fourth-order valence-corrected chi connectivity index (χ4v) is 3.07. The van der Waals surface area contributed by atoms with Crippen LogP contribution in [0.3, 0.4) is 0 Å². The number of carbonyl (C=O) groups is 1. The van der Waals surface area contributed by atoms with Gasteiger partial charge in [0.1, 0.15) is 0 Å². The van der Waals surface area contributed by atoms with Crippen molar-refractivity contribution in [2.75, 3.05) is 6.61 Å². The fourth-order valence-electron chi connectivity index (χ4n) is 3.07. The summed E-state index contributed by atoms with van der Waals surface area (Å²) >= 11 is 0. The molecule has 3 atom stereocenters. The molecule has 2 heterocycles. The predicted octanol–water partition coefficient (Wildman–Crippen LogP) is 1.81. The third kappa shape index (κ3) is 3.96. The lowest BCUT2D eigenvalue weighted by Crippen LogP contribution is -2.52. The molecule has 2 aliphatic rings. The molecule has 1 amide bonds. The molecule has 0 aliphatic carbocycles. The highest BCUT2D eigenvalue weighted by Gasteiger charge is 2.27. The SMILES string of the molecule is CC1CC(NC(=O)C2Cc3ccccc3CN2)CCO1.Cl. The third-order valence-corrected chi connectivity index (χ3v) is 4.23. The van der Waals surface area contributed by atoms with Crippen LogP contribution in [0, 0.1) is 0 Å². The van der Waals surface area contributed by atoms with E-state index in [9.17, 15) is 4.79 Å². The van der Waals surface area contributed by atoms with Crippen LogP contribution >= 0.6 is 12.4 Å². The van der Waals surface area contributed by atoms with Crippen molar-refractivity contribution >= 4 is 18.3 Å². The Morgan fingerprint density at radius 3 is 2.86 bits per heavy atom. The molecule has 2 N–H and O–H groups in total. The lowest BCUT2D eigenvalue weighted by Gasteiger charge is -2.31. The second-order valence-corrected chi connectivity index (χ2v) is 5.82. The van der Waals surface area contributed by atoms with Gasteiger partial charge in [-0.3, -0.25) is 4.79 Å². The summed E-state index contributed by atoms with van der Waals surface area (Å²) in [6.45, 7) is 3.58. The average Bonchev–Trinajstić information content (AvgIpc) is 2.47. The van der Waals surface area contributed by atoms with Gasteiger partial charge in [-0.15, -0.1) is 12.4 Å². The summed E-state index contributed by atoms with van der Waals surface area (Å²) in [4.78, 5) is 12.4. The van der Waals surface area contributed by atoms with E-state index in [4.69, 9.17) is 4.74 Å². The van der Waals surface area contributed by atoms with E-state index >= 15 is 0 Å². The minimum Gasteiger partial charge on any atom is -0.378 e. The predicted molar refractivity (Wildman–Crippen MR) is 84.6 cm³/mol. The number of rotatable bonds is 2. The zero-order valence-corrected chi connectivity index (χ0v) is 13.1. The monoisotopic (exact) mass is 310 g/mol. The van der Waals surface area contributed by atoms with E-state index in [-0.39, 0.29) is 36.5 Å². The quantitative estimate of drug-likeness (QED) is 0.876. The highest BCUT2D eigenvalue weighted by Crippen LogP contribution is 2.17. The van der Waals surface area contributed by atoms with Crippen LogP contribution in [0.15, 0.2) is 24.3 Å². The summed E-state index contributed by atoms with van der Waals surface area (Å²) in [5.74, 6) is 0.124. The molecular formula is C16H23ClN2O2. The minimum atomic E-state index is -0.108. The van der Waals surface area contributed by atoms with Crippen molar-refractivity contribution in [1.29, 1.82) is 0 Å². The first-order chi connectivity index (χ1) is 9.72. The molecular weight excluding hydrogens is 288 g/mol. The van der Waals surface area contributed by atoms with Gasteiger partial charge in [0, 0.05) is 19.2 Å². The number of nitrogens with one attached hydrogen (secondary N) is 2. The van der Waals surface area contributed by atoms with Crippen molar-refractivity contribution < 1.29 is 9.53 Å². The molecule has 3 unspecified atom stereocenters. The van der Waals surface area contributed by atoms with Gasteiger partial charge in [-0.1, -0.05) is 24.3 Å². The topological polar surface area (TPSA) is 50.4 Å². The number of carbonyl (C=O) groups excluding carboxylic acids is 1. The highest BCUT2D eigenvalue weighted by atomic mass is 35.5. The molecule has 1 saturated heterocycles. The average molecular weight is 311 g/mol. The van der Waals surface area contributed by atoms with E-state index in [1.54, 1.807) is 0 Å². The normalized spacial score (nSPS) is 28.1. The molecule has 0 spiro atoms. The lowest BCUT2D eigenvalue weighted by atomic mass is 9.95. The lowest BCUT2D eigenvalue weighted by molar-refractivity contribution is -0.125. The summed E-state index contributed by atoms with van der Waals surface area (Å²) in [7, 11) is 0. The molecule has 0 radical (unpaired) electrons. The molecule has 1 fully saturated rings. The van der Waals surface area contributed by atoms with Crippen LogP contribution in [0.5, 0.6) is 0 Å². The standard InChI is InChI=1S/C16H22N2O2.ClH/c1-11-8-14(6-7-20-11)18-16(19)15-9-12-4-2-3-5-13(12)10-17-15;/h2-5,11,14-15,17H,6-10H2,1H3,(H,18,19);1H. The Kier molecular flexibility index (Phi) is 5.62. The Labute approximate surface area is 132 Å². The van der Waals surface area contributed by atoms with E-state index in [0.717, 1.165) is 32.4 Å². The molecule has 0 aromatic heterocycles. The van der Waals surface area contributed by atoms with E-state index in [0.29, 0.717) is 0 Å². The largest absolute Gasteiger partial charge is 0.378 e. The highest BCUT2D eigenvalue weighted by molar-refractivity contribution is 5.85. The summed E-state index contributed by atoms with van der Waals surface area (Å²) in [5, 5.41) is 6.50. The van der Waals surface area contributed by atoms with Crippen molar-refractivity contribution in [2.45, 2.75) is 50.9 Å². The number of ether oxygens (including phenoxy) is 1. The van der Waals surface area contributed by atoms with Gasteiger partial charge in [-0.05, 0) is 37.3 Å². The molecule has 4 nitrogen and oxygen atoms in total. The Bertz CT molecular complexity index is 495. The van der Waals surface area contributed by atoms with Crippen LogP contribution in [0.25, 0.3) is 0 Å². The molecule has 2 aliphatic heterocycles. The second-order valence-electron chi connectivity index (χ2n) is 5.82. The number of hydrogen-bond donors (Lipinski definition) is 2. The number of amides is 1. The zero-order chi connectivity index (χ0) is 13.9. The van der Waals surface area contributed by atoms with E-state index < -0.39 is 0 Å². The van der Waals surface area contributed by atoms with Crippen molar-refractivity contribution in [3.63, 3.8) is 0 Å². The smallest absolute Gasteiger partial charge is 0.237 e. The molecule has 1 aromatic carbocycles. The third-order valence-electron chi connectivity index (χ3n) is 4.23. The molecule has 1 aromatic rings. The van der Waals surface area contributed by atoms with E-state index in [2.05, 4.69) is 29.7 Å². The van der Waals surface area contributed by atoms with Gasteiger partial charge >= 0.3 is 0 Å². The van der Waals surface area contributed by atoms with Crippen molar-refractivity contribution in [1.82, 2.24) is 10.6 Å². The molecule has 21 heavy (non-hydrogen) atoms. The Morgan fingerprint density at radius 2 is 2.10 bits per heavy atom. The molecule has 116 valence electrons. The van der Waals surface area contributed by atoms with E-state index in [1.807, 2.05) is 12.1 Å². The second kappa shape index (κ2) is 7.25.